The number of esters is 1. The van der Waals surface area contributed by atoms with Crippen LogP contribution >= 0.6 is 15.9 Å². The number of hydrogen-bond acceptors (Lipinski definition) is 5. The quantitative estimate of drug-likeness (QED) is 0.720. The fourth-order valence-electron chi connectivity index (χ4n) is 3.93. The molecule has 27 heavy (non-hydrogen) atoms. The Balaban J connectivity index is 1.97. The average Bonchev–Trinajstić information content (AvgIpc) is 2.95. The predicted molar refractivity (Wildman–Crippen MR) is 99.2 cm³/mol. The molecule has 0 saturated heterocycles. The Hall–Kier alpha value is -1.99. The van der Waals surface area contributed by atoms with Crippen LogP contribution in [0.2, 0.25) is 0 Å². The van der Waals surface area contributed by atoms with Gasteiger partial charge in [-0.05, 0) is 53.9 Å². The maximum Gasteiger partial charge on any atom is 0.337 e. The number of rotatable bonds is 2. The molecular formula is C20H19BrFNO4. The second-order valence-corrected chi connectivity index (χ2v) is 8.23. The third kappa shape index (κ3) is 2.75. The van der Waals surface area contributed by atoms with Gasteiger partial charge in [-0.3, -0.25) is 4.79 Å². The minimum atomic E-state index is -0.721. The summed E-state index contributed by atoms with van der Waals surface area (Å²) in [6.45, 7) is 5.62. The Morgan fingerprint density at radius 3 is 2.70 bits per heavy atom. The Labute approximate surface area is 164 Å². The minimum absolute atomic E-state index is 0.0682. The fourth-order valence-corrected chi connectivity index (χ4v) is 4.33. The fraction of sp³-hybridized carbons (Fsp3) is 0.400. The van der Waals surface area contributed by atoms with E-state index in [1.807, 2.05) is 20.8 Å². The van der Waals surface area contributed by atoms with Crippen LogP contribution in [0.3, 0.4) is 0 Å². The second kappa shape index (κ2) is 6.27. The summed E-state index contributed by atoms with van der Waals surface area (Å²) in [5.41, 5.74) is 2.14. The Morgan fingerprint density at radius 2 is 2.04 bits per heavy atom. The van der Waals surface area contributed by atoms with Crippen molar-refractivity contribution in [2.75, 3.05) is 6.61 Å². The second-order valence-electron chi connectivity index (χ2n) is 7.37. The van der Waals surface area contributed by atoms with Crippen LogP contribution in [0.25, 0.3) is 0 Å². The molecule has 3 aliphatic heterocycles. The van der Waals surface area contributed by atoms with Crippen LogP contribution < -0.4 is 5.32 Å². The molecule has 0 aliphatic carbocycles. The van der Waals surface area contributed by atoms with E-state index in [2.05, 4.69) is 21.2 Å². The molecule has 0 fully saturated rings. The van der Waals surface area contributed by atoms with Crippen molar-refractivity contribution in [3.05, 3.63) is 56.6 Å². The molecule has 1 N–H and O–H groups in total. The lowest BCUT2D eigenvalue weighted by atomic mass is 9.75. The number of Topliss-reactive ketones (excluding diaryl/α,β-unsaturated/α-hetero) is 1. The molecule has 0 aromatic heterocycles. The van der Waals surface area contributed by atoms with E-state index in [0.717, 1.165) is 0 Å². The number of benzene rings is 1. The highest BCUT2D eigenvalue weighted by Gasteiger charge is 2.49. The summed E-state index contributed by atoms with van der Waals surface area (Å²) in [5.74, 6) is -1.66. The van der Waals surface area contributed by atoms with E-state index in [9.17, 15) is 14.0 Å². The standard InChI is InChI=1S/C20H19BrFNO4/c1-4-13-17-16(19(25)27-13)14(9-5-6-11(22)10(21)7-9)15-12(24)8-26-20(2,3)18(15)23-17/h5-7,13-14,23H,4,8H2,1-3H3/t13-,14-/m1/s1. The SMILES string of the molecule is CC[C@H]1OC(=O)C2=C1NC1=C(C(=O)COC1(C)C)[C@H]2c1ccc(F)c(Br)c1. The summed E-state index contributed by atoms with van der Waals surface area (Å²) in [6.07, 6.45) is 0.204. The first kappa shape index (κ1) is 18.4. The summed E-state index contributed by atoms with van der Waals surface area (Å²) in [5, 5.41) is 3.28. The predicted octanol–water partition coefficient (Wildman–Crippen LogP) is 3.50. The Bertz CT molecular complexity index is 934. The normalized spacial score (nSPS) is 26.6. The molecule has 0 spiro atoms. The van der Waals surface area contributed by atoms with Crippen molar-refractivity contribution in [3.8, 4) is 0 Å². The number of dihydropyridines is 1. The molecule has 1 aromatic rings. The molecule has 0 unspecified atom stereocenters. The summed E-state index contributed by atoms with van der Waals surface area (Å²) in [6, 6.07) is 4.55. The van der Waals surface area contributed by atoms with E-state index in [0.29, 0.717) is 34.5 Å². The largest absolute Gasteiger partial charge is 0.452 e. The number of carbonyl (C=O) groups excluding carboxylic acids is 2. The zero-order valence-electron chi connectivity index (χ0n) is 15.2. The third-order valence-electron chi connectivity index (χ3n) is 5.30. The van der Waals surface area contributed by atoms with E-state index in [1.54, 1.807) is 12.1 Å². The number of cyclic esters (lactones) is 1. The number of hydrogen-bond donors (Lipinski definition) is 1. The minimum Gasteiger partial charge on any atom is -0.452 e. The zero-order valence-corrected chi connectivity index (χ0v) is 16.8. The van der Waals surface area contributed by atoms with Crippen LogP contribution in [-0.2, 0) is 19.1 Å². The van der Waals surface area contributed by atoms with E-state index in [4.69, 9.17) is 9.47 Å². The molecule has 2 atom stereocenters. The lowest BCUT2D eigenvalue weighted by Gasteiger charge is -2.40. The van der Waals surface area contributed by atoms with Crippen molar-refractivity contribution in [2.24, 2.45) is 0 Å². The molecule has 0 radical (unpaired) electrons. The summed E-state index contributed by atoms with van der Waals surface area (Å²) in [4.78, 5) is 25.5. The summed E-state index contributed by atoms with van der Waals surface area (Å²) < 4.78 is 25.3. The first-order chi connectivity index (χ1) is 12.7. The van der Waals surface area contributed by atoms with Gasteiger partial charge in [0.05, 0.1) is 21.4 Å². The number of nitrogens with one attached hydrogen (secondary N) is 1. The molecule has 7 heteroatoms. The van der Waals surface area contributed by atoms with Crippen LogP contribution in [0.4, 0.5) is 4.39 Å². The van der Waals surface area contributed by atoms with Crippen molar-refractivity contribution in [1.82, 2.24) is 5.32 Å². The van der Waals surface area contributed by atoms with Crippen molar-refractivity contribution >= 4 is 27.7 Å². The van der Waals surface area contributed by atoms with Gasteiger partial charge in [-0.25, -0.2) is 9.18 Å². The van der Waals surface area contributed by atoms with E-state index in [-0.39, 0.29) is 16.9 Å². The topological polar surface area (TPSA) is 64.6 Å². The first-order valence-corrected chi connectivity index (χ1v) is 9.62. The average molecular weight is 436 g/mol. The van der Waals surface area contributed by atoms with E-state index < -0.39 is 29.4 Å². The van der Waals surface area contributed by atoms with Gasteiger partial charge in [0.25, 0.3) is 0 Å². The molecule has 3 heterocycles. The van der Waals surface area contributed by atoms with Gasteiger partial charge < -0.3 is 14.8 Å². The smallest absolute Gasteiger partial charge is 0.337 e. The maximum atomic E-state index is 13.8. The van der Waals surface area contributed by atoms with Crippen LogP contribution in [0, 0.1) is 5.82 Å². The number of halogens is 2. The monoisotopic (exact) mass is 435 g/mol. The molecular weight excluding hydrogens is 417 g/mol. The lowest BCUT2D eigenvalue weighted by molar-refractivity contribution is -0.140. The molecule has 1 aromatic carbocycles. The van der Waals surface area contributed by atoms with Crippen LogP contribution in [0.1, 0.15) is 38.7 Å². The van der Waals surface area contributed by atoms with Crippen molar-refractivity contribution in [1.29, 1.82) is 0 Å². The third-order valence-corrected chi connectivity index (χ3v) is 5.91. The Kier molecular flexibility index (Phi) is 4.27. The molecule has 4 rings (SSSR count). The maximum absolute atomic E-state index is 13.8. The number of carbonyl (C=O) groups is 2. The Morgan fingerprint density at radius 1 is 1.30 bits per heavy atom. The molecule has 0 bridgehead atoms. The van der Waals surface area contributed by atoms with Gasteiger partial charge in [0.1, 0.15) is 24.1 Å². The molecule has 0 saturated carbocycles. The molecule has 3 aliphatic rings. The first-order valence-electron chi connectivity index (χ1n) is 8.83. The number of ketones is 1. The highest BCUT2D eigenvalue weighted by atomic mass is 79.9. The van der Waals surface area contributed by atoms with Crippen molar-refractivity contribution < 1.29 is 23.5 Å². The van der Waals surface area contributed by atoms with Crippen LogP contribution in [0.5, 0.6) is 0 Å². The van der Waals surface area contributed by atoms with E-state index >= 15 is 0 Å². The van der Waals surface area contributed by atoms with Gasteiger partial charge in [-0.2, -0.15) is 0 Å². The number of ether oxygens (including phenoxy) is 2. The van der Waals surface area contributed by atoms with Gasteiger partial charge in [0.2, 0.25) is 0 Å². The lowest BCUT2D eigenvalue weighted by Crippen LogP contribution is -2.47. The highest BCUT2D eigenvalue weighted by molar-refractivity contribution is 9.10. The van der Waals surface area contributed by atoms with Crippen LogP contribution in [-0.4, -0.2) is 30.1 Å². The van der Waals surface area contributed by atoms with E-state index in [1.165, 1.54) is 6.07 Å². The van der Waals surface area contributed by atoms with Gasteiger partial charge in [0.15, 0.2) is 5.78 Å². The molecule has 0 amide bonds. The molecule has 142 valence electrons. The summed E-state index contributed by atoms with van der Waals surface area (Å²) >= 11 is 3.20. The van der Waals surface area contributed by atoms with Gasteiger partial charge in [-0.15, -0.1) is 0 Å². The van der Waals surface area contributed by atoms with Gasteiger partial charge in [-0.1, -0.05) is 13.0 Å². The van der Waals surface area contributed by atoms with Crippen molar-refractivity contribution in [3.63, 3.8) is 0 Å². The van der Waals surface area contributed by atoms with Crippen LogP contribution in [0.15, 0.2) is 45.2 Å². The summed E-state index contributed by atoms with van der Waals surface area (Å²) in [7, 11) is 0. The zero-order chi connectivity index (χ0) is 19.5. The van der Waals surface area contributed by atoms with Crippen molar-refractivity contribution in [2.45, 2.75) is 44.8 Å². The molecule has 5 nitrogen and oxygen atoms in total. The van der Waals surface area contributed by atoms with Gasteiger partial charge >= 0.3 is 5.97 Å². The van der Waals surface area contributed by atoms with Gasteiger partial charge in [0, 0.05) is 11.5 Å². The highest BCUT2D eigenvalue weighted by Crippen LogP contribution is 2.47.